The van der Waals surface area contributed by atoms with E-state index in [1.807, 2.05) is 23.1 Å². The summed E-state index contributed by atoms with van der Waals surface area (Å²) >= 11 is 6.04. The standard InChI is InChI=1S/C20H22ClFN2O/c21-18-8-4-9-19(22)17(18)14-20(25)24-11-5-10-23(12-13-24)15-16-6-2-1-3-7-16/h1-4,6-9H,5,10-15H2. The van der Waals surface area contributed by atoms with E-state index in [1.54, 1.807) is 12.1 Å². The van der Waals surface area contributed by atoms with Crippen molar-refractivity contribution in [3.8, 4) is 0 Å². The lowest BCUT2D eigenvalue weighted by atomic mass is 10.1. The number of carbonyl (C=O) groups is 1. The van der Waals surface area contributed by atoms with Crippen molar-refractivity contribution in [2.24, 2.45) is 0 Å². The van der Waals surface area contributed by atoms with Gasteiger partial charge in [0.25, 0.3) is 0 Å². The third-order valence-corrected chi connectivity index (χ3v) is 4.93. The van der Waals surface area contributed by atoms with Crippen LogP contribution in [0.2, 0.25) is 5.02 Å². The van der Waals surface area contributed by atoms with Crippen LogP contribution in [0.15, 0.2) is 48.5 Å². The summed E-state index contributed by atoms with van der Waals surface area (Å²) in [6.45, 7) is 4.04. The molecule has 25 heavy (non-hydrogen) atoms. The van der Waals surface area contributed by atoms with Crippen molar-refractivity contribution in [2.75, 3.05) is 26.2 Å². The van der Waals surface area contributed by atoms with Gasteiger partial charge in [-0.25, -0.2) is 4.39 Å². The van der Waals surface area contributed by atoms with Crippen LogP contribution in [-0.4, -0.2) is 41.9 Å². The van der Waals surface area contributed by atoms with Crippen molar-refractivity contribution in [1.29, 1.82) is 0 Å². The molecule has 1 amide bonds. The van der Waals surface area contributed by atoms with Crippen molar-refractivity contribution in [2.45, 2.75) is 19.4 Å². The Morgan fingerprint density at radius 2 is 1.80 bits per heavy atom. The lowest BCUT2D eigenvalue weighted by Gasteiger charge is -2.22. The number of nitrogens with zero attached hydrogens (tertiary/aromatic N) is 2. The van der Waals surface area contributed by atoms with Crippen LogP contribution in [0, 0.1) is 5.82 Å². The smallest absolute Gasteiger partial charge is 0.227 e. The summed E-state index contributed by atoms with van der Waals surface area (Å²) in [5.41, 5.74) is 1.57. The molecule has 0 bridgehead atoms. The molecule has 0 unspecified atom stereocenters. The Hall–Kier alpha value is -1.91. The third-order valence-electron chi connectivity index (χ3n) is 4.58. The molecule has 0 saturated carbocycles. The Morgan fingerprint density at radius 1 is 1.00 bits per heavy atom. The van der Waals surface area contributed by atoms with Gasteiger partial charge in [0.15, 0.2) is 0 Å². The van der Waals surface area contributed by atoms with E-state index >= 15 is 0 Å². The Balaban J connectivity index is 1.58. The highest BCUT2D eigenvalue weighted by Crippen LogP contribution is 2.20. The molecule has 5 heteroatoms. The van der Waals surface area contributed by atoms with Crippen LogP contribution in [0.5, 0.6) is 0 Å². The summed E-state index contributed by atoms with van der Waals surface area (Å²) in [6, 6.07) is 14.9. The van der Waals surface area contributed by atoms with Crippen LogP contribution in [-0.2, 0) is 17.8 Å². The molecule has 1 heterocycles. The van der Waals surface area contributed by atoms with Crippen molar-refractivity contribution in [3.63, 3.8) is 0 Å². The molecule has 132 valence electrons. The monoisotopic (exact) mass is 360 g/mol. The van der Waals surface area contributed by atoms with Gasteiger partial charge in [-0.2, -0.15) is 0 Å². The van der Waals surface area contributed by atoms with Crippen LogP contribution in [0.3, 0.4) is 0 Å². The first-order valence-electron chi connectivity index (χ1n) is 8.60. The highest BCUT2D eigenvalue weighted by molar-refractivity contribution is 6.31. The second kappa shape index (κ2) is 8.45. The number of carbonyl (C=O) groups excluding carboxylic acids is 1. The second-order valence-electron chi connectivity index (χ2n) is 6.37. The van der Waals surface area contributed by atoms with Gasteiger partial charge in [-0.1, -0.05) is 48.0 Å². The molecule has 0 aromatic heterocycles. The van der Waals surface area contributed by atoms with Crippen molar-refractivity contribution >= 4 is 17.5 Å². The zero-order chi connectivity index (χ0) is 17.6. The van der Waals surface area contributed by atoms with Crippen LogP contribution in [0.1, 0.15) is 17.5 Å². The van der Waals surface area contributed by atoms with E-state index in [9.17, 15) is 9.18 Å². The maximum absolute atomic E-state index is 13.9. The van der Waals surface area contributed by atoms with Gasteiger partial charge in [0.1, 0.15) is 5.82 Å². The van der Waals surface area contributed by atoms with Gasteiger partial charge >= 0.3 is 0 Å². The Labute approximate surface area is 153 Å². The summed E-state index contributed by atoms with van der Waals surface area (Å²) in [6.07, 6.45) is 0.938. The number of halogens is 2. The Kier molecular flexibility index (Phi) is 6.05. The minimum Gasteiger partial charge on any atom is -0.341 e. The number of amides is 1. The highest BCUT2D eigenvalue weighted by Gasteiger charge is 2.21. The topological polar surface area (TPSA) is 23.6 Å². The van der Waals surface area contributed by atoms with E-state index in [0.29, 0.717) is 23.7 Å². The van der Waals surface area contributed by atoms with Gasteiger partial charge in [0.05, 0.1) is 6.42 Å². The fraction of sp³-hybridized carbons (Fsp3) is 0.350. The zero-order valence-electron chi connectivity index (χ0n) is 14.1. The van der Waals surface area contributed by atoms with Crippen LogP contribution >= 0.6 is 11.6 Å². The lowest BCUT2D eigenvalue weighted by molar-refractivity contribution is -0.130. The van der Waals surface area contributed by atoms with Gasteiger partial charge in [0, 0.05) is 43.3 Å². The first kappa shape index (κ1) is 17.9. The van der Waals surface area contributed by atoms with Gasteiger partial charge in [-0.15, -0.1) is 0 Å². The fourth-order valence-corrected chi connectivity index (χ4v) is 3.41. The molecule has 0 radical (unpaired) electrons. The predicted octanol–water partition coefficient (Wildman–Crippen LogP) is 3.76. The number of benzene rings is 2. The van der Waals surface area contributed by atoms with Crippen LogP contribution in [0.25, 0.3) is 0 Å². The van der Waals surface area contributed by atoms with E-state index in [2.05, 4.69) is 17.0 Å². The first-order chi connectivity index (χ1) is 12.1. The summed E-state index contributed by atoms with van der Waals surface area (Å²) in [5.74, 6) is -0.477. The lowest BCUT2D eigenvalue weighted by Crippen LogP contribution is -2.36. The van der Waals surface area contributed by atoms with Crippen molar-refractivity contribution in [1.82, 2.24) is 9.80 Å². The molecule has 3 nitrogen and oxygen atoms in total. The molecule has 1 saturated heterocycles. The average Bonchev–Trinajstić information content (AvgIpc) is 2.85. The minimum atomic E-state index is -0.415. The largest absolute Gasteiger partial charge is 0.341 e. The maximum atomic E-state index is 13.9. The Morgan fingerprint density at radius 3 is 2.56 bits per heavy atom. The molecule has 2 aromatic rings. The first-order valence-corrected chi connectivity index (χ1v) is 8.98. The SMILES string of the molecule is O=C(Cc1c(F)cccc1Cl)N1CCCN(Cc2ccccc2)CC1. The van der Waals surface area contributed by atoms with Gasteiger partial charge in [0.2, 0.25) is 5.91 Å². The van der Waals surface area contributed by atoms with Gasteiger partial charge in [-0.3, -0.25) is 9.69 Å². The fourth-order valence-electron chi connectivity index (χ4n) is 3.18. The van der Waals surface area contributed by atoms with Crippen LogP contribution in [0.4, 0.5) is 4.39 Å². The minimum absolute atomic E-state index is 0.0180. The van der Waals surface area contributed by atoms with Gasteiger partial charge in [-0.05, 0) is 24.1 Å². The van der Waals surface area contributed by atoms with E-state index in [1.165, 1.54) is 11.6 Å². The average molecular weight is 361 g/mol. The van der Waals surface area contributed by atoms with E-state index in [4.69, 9.17) is 11.6 Å². The zero-order valence-corrected chi connectivity index (χ0v) is 14.9. The second-order valence-corrected chi connectivity index (χ2v) is 6.78. The number of hydrogen-bond acceptors (Lipinski definition) is 2. The quantitative estimate of drug-likeness (QED) is 0.829. The normalized spacial score (nSPS) is 15.8. The third kappa shape index (κ3) is 4.80. The Bertz CT molecular complexity index is 703. The van der Waals surface area contributed by atoms with Crippen molar-refractivity contribution < 1.29 is 9.18 Å². The number of hydrogen-bond donors (Lipinski definition) is 0. The molecule has 1 fully saturated rings. The van der Waals surface area contributed by atoms with Crippen molar-refractivity contribution in [3.05, 3.63) is 70.5 Å². The van der Waals surface area contributed by atoms with E-state index in [-0.39, 0.29) is 12.3 Å². The summed E-state index contributed by atoms with van der Waals surface area (Å²) < 4.78 is 13.9. The molecule has 3 rings (SSSR count). The molecule has 0 N–H and O–H groups in total. The molecule has 0 spiro atoms. The van der Waals surface area contributed by atoms with E-state index < -0.39 is 5.82 Å². The molecular formula is C20H22ClFN2O. The summed E-state index contributed by atoms with van der Waals surface area (Å²) in [7, 11) is 0. The molecule has 1 aliphatic rings. The van der Waals surface area contributed by atoms with Crippen LogP contribution < -0.4 is 0 Å². The number of rotatable bonds is 4. The molecule has 1 aliphatic heterocycles. The molecule has 0 aliphatic carbocycles. The maximum Gasteiger partial charge on any atom is 0.227 e. The molecular weight excluding hydrogens is 339 g/mol. The highest BCUT2D eigenvalue weighted by atomic mass is 35.5. The molecule has 0 atom stereocenters. The molecule has 2 aromatic carbocycles. The summed E-state index contributed by atoms with van der Waals surface area (Å²) in [4.78, 5) is 16.8. The predicted molar refractivity (Wildman–Crippen MR) is 98.0 cm³/mol. The van der Waals surface area contributed by atoms with Gasteiger partial charge < -0.3 is 4.90 Å². The summed E-state index contributed by atoms with van der Waals surface area (Å²) in [5, 5.41) is 0.314. The van der Waals surface area contributed by atoms with E-state index in [0.717, 1.165) is 26.1 Å².